The van der Waals surface area contributed by atoms with E-state index in [0.29, 0.717) is 11.5 Å². The highest BCUT2D eigenvalue weighted by Crippen LogP contribution is 2.42. The van der Waals surface area contributed by atoms with E-state index in [9.17, 15) is 18.4 Å². The van der Waals surface area contributed by atoms with Crippen LogP contribution in [-0.4, -0.2) is 18.9 Å². The lowest BCUT2D eigenvalue weighted by Gasteiger charge is -2.17. The van der Waals surface area contributed by atoms with Crippen molar-refractivity contribution >= 4 is 23.2 Å². The molecular formula is C21H16F2N2O3S. The summed E-state index contributed by atoms with van der Waals surface area (Å²) in [6.07, 6.45) is 0. The Morgan fingerprint density at radius 2 is 1.90 bits per heavy atom. The first kappa shape index (κ1) is 19.1. The van der Waals surface area contributed by atoms with Crippen molar-refractivity contribution in [1.29, 1.82) is 0 Å². The minimum absolute atomic E-state index is 0.145. The third-order valence-corrected chi connectivity index (χ3v) is 5.82. The quantitative estimate of drug-likeness (QED) is 0.682. The van der Waals surface area contributed by atoms with Gasteiger partial charge in [-0.25, -0.2) is 8.78 Å². The Kier molecular flexibility index (Phi) is 5.02. The number of likely N-dealkylation sites (N-methyl/N-ethyl adjacent to an activating group) is 1. The Balaban J connectivity index is 1.63. The molecule has 3 aromatic rings. The van der Waals surface area contributed by atoms with Gasteiger partial charge >= 0.3 is 0 Å². The van der Waals surface area contributed by atoms with E-state index < -0.39 is 29.5 Å². The molecule has 1 aliphatic rings. The molecule has 4 rings (SSSR count). The lowest BCUT2D eigenvalue weighted by molar-refractivity contribution is -0.122. The van der Waals surface area contributed by atoms with Crippen LogP contribution in [0.1, 0.15) is 26.8 Å². The van der Waals surface area contributed by atoms with Crippen LogP contribution >= 0.6 is 11.3 Å². The van der Waals surface area contributed by atoms with Crippen LogP contribution in [0.15, 0.2) is 48.5 Å². The normalized spacial score (nSPS) is 12.9. The summed E-state index contributed by atoms with van der Waals surface area (Å²) in [5, 5.41) is 5.04. The van der Waals surface area contributed by atoms with Crippen molar-refractivity contribution in [2.75, 3.05) is 7.05 Å². The standard InChI is InChI=1S/C21H16F2N2O3S/c1-24-21(27)18(11-6-7-14(22)15(23)8-11)25-20(26)17-9-12-10-28-16-5-3-2-4-13(16)19(12)29-17/h2-9,18H,10H2,1H3,(H,24,27)(H,25,26). The minimum Gasteiger partial charge on any atom is -0.488 e. The van der Waals surface area contributed by atoms with E-state index in [2.05, 4.69) is 10.6 Å². The number of rotatable bonds is 4. The molecule has 0 radical (unpaired) electrons. The minimum atomic E-state index is -1.16. The number of benzene rings is 2. The molecule has 2 N–H and O–H groups in total. The number of hydrogen-bond donors (Lipinski definition) is 2. The molecule has 0 saturated carbocycles. The Morgan fingerprint density at radius 3 is 2.66 bits per heavy atom. The molecule has 29 heavy (non-hydrogen) atoms. The second kappa shape index (κ2) is 7.63. The van der Waals surface area contributed by atoms with E-state index in [4.69, 9.17) is 4.74 Å². The molecule has 0 aliphatic carbocycles. The molecule has 0 bridgehead atoms. The average molecular weight is 414 g/mol. The van der Waals surface area contributed by atoms with Gasteiger partial charge in [-0.05, 0) is 35.9 Å². The Hall–Kier alpha value is -3.26. The first-order chi connectivity index (χ1) is 14.0. The number of carbonyl (C=O) groups is 2. The van der Waals surface area contributed by atoms with Gasteiger partial charge in [-0.15, -0.1) is 11.3 Å². The molecule has 0 saturated heterocycles. The topological polar surface area (TPSA) is 67.4 Å². The number of nitrogens with one attached hydrogen (secondary N) is 2. The highest BCUT2D eigenvalue weighted by atomic mass is 32.1. The largest absolute Gasteiger partial charge is 0.488 e. The molecule has 0 spiro atoms. The Labute approximate surface area is 169 Å². The van der Waals surface area contributed by atoms with E-state index in [-0.39, 0.29) is 5.56 Å². The first-order valence-corrected chi connectivity index (χ1v) is 9.62. The molecule has 1 aromatic heterocycles. The lowest BCUT2D eigenvalue weighted by atomic mass is 10.1. The van der Waals surface area contributed by atoms with Crippen molar-refractivity contribution in [2.24, 2.45) is 0 Å². The summed E-state index contributed by atoms with van der Waals surface area (Å²) in [4.78, 5) is 26.4. The molecule has 1 aliphatic heterocycles. The Morgan fingerprint density at radius 1 is 1.10 bits per heavy atom. The van der Waals surface area contributed by atoms with Crippen molar-refractivity contribution in [1.82, 2.24) is 10.6 Å². The molecule has 2 heterocycles. The first-order valence-electron chi connectivity index (χ1n) is 8.80. The zero-order valence-electron chi connectivity index (χ0n) is 15.3. The van der Waals surface area contributed by atoms with E-state index in [1.165, 1.54) is 24.5 Å². The van der Waals surface area contributed by atoms with Crippen molar-refractivity contribution in [3.8, 4) is 16.2 Å². The molecule has 5 nitrogen and oxygen atoms in total. The smallest absolute Gasteiger partial charge is 0.262 e. The van der Waals surface area contributed by atoms with Crippen molar-refractivity contribution < 1.29 is 23.1 Å². The summed E-state index contributed by atoms with van der Waals surface area (Å²) in [7, 11) is 1.40. The van der Waals surface area contributed by atoms with Crippen LogP contribution in [-0.2, 0) is 11.4 Å². The van der Waals surface area contributed by atoms with Crippen LogP contribution in [0.5, 0.6) is 5.75 Å². The van der Waals surface area contributed by atoms with Gasteiger partial charge < -0.3 is 15.4 Å². The summed E-state index contributed by atoms with van der Waals surface area (Å²) in [5.74, 6) is -2.40. The van der Waals surface area contributed by atoms with Gasteiger partial charge in [-0.3, -0.25) is 9.59 Å². The van der Waals surface area contributed by atoms with Gasteiger partial charge in [-0.2, -0.15) is 0 Å². The van der Waals surface area contributed by atoms with Crippen LogP contribution in [0.2, 0.25) is 0 Å². The molecule has 148 valence electrons. The number of fused-ring (bicyclic) bond motifs is 3. The van der Waals surface area contributed by atoms with Gasteiger partial charge in [0.15, 0.2) is 11.6 Å². The second-order valence-corrected chi connectivity index (χ2v) is 7.50. The fourth-order valence-electron chi connectivity index (χ4n) is 3.15. The monoisotopic (exact) mass is 414 g/mol. The summed E-state index contributed by atoms with van der Waals surface area (Å²) in [6, 6.07) is 11.2. The van der Waals surface area contributed by atoms with Crippen LogP contribution in [0.4, 0.5) is 8.78 Å². The summed E-state index contributed by atoms with van der Waals surface area (Å²) < 4.78 is 32.6. The van der Waals surface area contributed by atoms with Gasteiger partial charge in [-0.1, -0.05) is 18.2 Å². The predicted molar refractivity (Wildman–Crippen MR) is 105 cm³/mol. The van der Waals surface area contributed by atoms with E-state index in [0.717, 1.165) is 33.9 Å². The van der Waals surface area contributed by atoms with Crippen molar-refractivity contribution in [2.45, 2.75) is 12.6 Å². The highest BCUT2D eigenvalue weighted by Gasteiger charge is 2.27. The third-order valence-electron chi connectivity index (χ3n) is 4.61. The van der Waals surface area contributed by atoms with Crippen LogP contribution < -0.4 is 15.4 Å². The molecular weight excluding hydrogens is 398 g/mol. The Bertz CT molecular complexity index is 1110. The number of carbonyl (C=O) groups excluding carboxylic acids is 2. The zero-order valence-corrected chi connectivity index (χ0v) is 16.1. The molecule has 2 amide bonds. The maximum atomic E-state index is 13.6. The number of hydrogen-bond acceptors (Lipinski definition) is 4. The fourth-order valence-corrected chi connectivity index (χ4v) is 4.25. The lowest BCUT2D eigenvalue weighted by Crippen LogP contribution is -2.38. The summed E-state index contributed by atoms with van der Waals surface area (Å²) >= 11 is 1.29. The van der Waals surface area contributed by atoms with E-state index in [1.807, 2.05) is 24.3 Å². The zero-order chi connectivity index (χ0) is 20.5. The number of para-hydroxylation sites is 1. The number of ether oxygens (including phenoxy) is 1. The van der Waals surface area contributed by atoms with Gasteiger partial charge in [0.1, 0.15) is 18.4 Å². The van der Waals surface area contributed by atoms with Gasteiger partial charge in [0.2, 0.25) is 5.91 Å². The van der Waals surface area contributed by atoms with E-state index in [1.54, 1.807) is 6.07 Å². The molecule has 8 heteroatoms. The maximum Gasteiger partial charge on any atom is 0.262 e. The SMILES string of the molecule is CNC(=O)C(NC(=O)c1cc2c(s1)-c1ccccc1OC2)c1ccc(F)c(F)c1. The van der Waals surface area contributed by atoms with Crippen LogP contribution in [0.25, 0.3) is 10.4 Å². The van der Waals surface area contributed by atoms with E-state index >= 15 is 0 Å². The second-order valence-electron chi connectivity index (χ2n) is 6.44. The fraction of sp³-hybridized carbons (Fsp3) is 0.143. The molecule has 2 aromatic carbocycles. The van der Waals surface area contributed by atoms with Crippen LogP contribution in [0, 0.1) is 11.6 Å². The van der Waals surface area contributed by atoms with Crippen molar-refractivity contribution in [3.05, 3.63) is 76.2 Å². The number of amides is 2. The highest BCUT2D eigenvalue weighted by molar-refractivity contribution is 7.17. The maximum absolute atomic E-state index is 13.6. The average Bonchev–Trinajstić information content (AvgIpc) is 3.18. The summed E-state index contributed by atoms with van der Waals surface area (Å²) in [6.45, 7) is 0.345. The molecule has 1 unspecified atom stereocenters. The summed E-state index contributed by atoms with van der Waals surface area (Å²) in [5.41, 5.74) is 1.93. The number of halogens is 2. The van der Waals surface area contributed by atoms with Gasteiger partial charge in [0.25, 0.3) is 5.91 Å². The predicted octanol–water partition coefficient (Wildman–Crippen LogP) is 3.80. The molecule has 0 fully saturated rings. The van der Waals surface area contributed by atoms with Crippen LogP contribution in [0.3, 0.4) is 0 Å². The molecule has 1 atom stereocenters. The van der Waals surface area contributed by atoms with Gasteiger partial charge in [0, 0.05) is 23.1 Å². The van der Waals surface area contributed by atoms with Gasteiger partial charge in [0.05, 0.1) is 4.88 Å². The van der Waals surface area contributed by atoms with Crippen molar-refractivity contribution in [3.63, 3.8) is 0 Å². The number of thiophene rings is 1. The third kappa shape index (κ3) is 3.58.